The number of benzene rings is 1. The molecule has 0 radical (unpaired) electrons. The van der Waals surface area contributed by atoms with Crippen LogP contribution in [0.3, 0.4) is 0 Å². The van der Waals surface area contributed by atoms with Gasteiger partial charge in [0.05, 0.1) is 16.8 Å². The number of ketones is 1. The largest absolute Gasteiger partial charge is 0.484 e. The van der Waals surface area contributed by atoms with Gasteiger partial charge in [0.25, 0.3) is 11.8 Å². The molecule has 3 aliphatic rings. The molecule has 1 fully saturated rings. The fourth-order valence-corrected chi connectivity index (χ4v) is 5.56. The predicted molar refractivity (Wildman–Crippen MR) is 130 cm³/mol. The first kappa shape index (κ1) is 23.3. The summed E-state index contributed by atoms with van der Waals surface area (Å²) < 4.78 is 5.38. The average molecular weight is 478 g/mol. The zero-order chi connectivity index (χ0) is 24.7. The van der Waals surface area contributed by atoms with Gasteiger partial charge < -0.3 is 20.4 Å². The third-order valence-corrected chi connectivity index (χ3v) is 7.34. The van der Waals surface area contributed by atoms with Gasteiger partial charge in [0.1, 0.15) is 5.75 Å². The van der Waals surface area contributed by atoms with E-state index in [0.29, 0.717) is 30.8 Å². The molecule has 0 saturated carbocycles. The molecule has 2 aliphatic heterocycles. The first-order valence-corrected chi connectivity index (χ1v) is 12.1. The molecule has 1 saturated heterocycles. The van der Waals surface area contributed by atoms with Gasteiger partial charge in [0.2, 0.25) is 0 Å². The number of hydrazine groups is 1. The van der Waals surface area contributed by atoms with Crippen LogP contribution < -0.4 is 15.9 Å². The van der Waals surface area contributed by atoms with E-state index in [-0.39, 0.29) is 29.8 Å². The van der Waals surface area contributed by atoms with Crippen LogP contribution >= 0.6 is 0 Å². The lowest BCUT2D eigenvalue weighted by Crippen LogP contribution is -2.46. The molecule has 3 heterocycles. The molecule has 9 heteroatoms. The lowest BCUT2D eigenvalue weighted by atomic mass is 9.67. The van der Waals surface area contributed by atoms with Crippen molar-refractivity contribution in [2.45, 2.75) is 45.6 Å². The summed E-state index contributed by atoms with van der Waals surface area (Å²) in [5.41, 5.74) is 11.8. The first-order chi connectivity index (χ1) is 16.7. The Morgan fingerprint density at radius 1 is 1.20 bits per heavy atom. The van der Waals surface area contributed by atoms with Crippen molar-refractivity contribution in [2.75, 3.05) is 26.2 Å². The number of aromatic nitrogens is 1. The number of nitrogens with one attached hydrogen (secondary N) is 1. The van der Waals surface area contributed by atoms with Crippen LogP contribution in [-0.2, 0) is 9.59 Å². The third-order valence-electron chi connectivity index (χ3n) is 7.34. The predicted octanol–water partition coefficient (Wildman–Crippen LogP) is 2.17. The molecule has 2 amide bonds. The fourth-order valence-electron chi connectivity index (χ4n) is 5.56. The summed E-state index contributed by atoms with van der Waals surface area (Å²) >= 11 is 0. The minimum atomic E-state index is -0.552. The number of piperidine rings is 1. The molecular weight excluding hydrogens is 446 g/mol. The van der Waals surface area contributed by atoms with Crippen LogP contribution in [0.25, 0.3) is 10.9 Å². The molecule has 1 aromatic carbocycles. The van der Waals surface area contributed by atoms with E-state index in [1.165, 1.54) is 5.57 Å². The number of hydrogen-bond donors (Lipinski definition) is 2. The van der Waals surface area contributed by atoms with Crippen LogP contribution in [0, 0.1) is 5.41 Å². The lowest BCUT2D eigenvalue weighted by molar-refractivity contribution is -0.121. The second kappa shape index (κ2) is 8.96. The summed E-state index contributed by atoms with van der Waals surface area (Å²) in [6, 6.07) is 7.30. The summed E-state index contributed by atoms with van der Waals surface area (Å²) in [7, 11) is 0. The highest BCUT2D eigenvalue weighted by molar-refractivity contribution is 5.98. The monoisotopic (exact) mass is 477 g/mol. The molecule has 184 valence electrons. The highest BCUT2D eigenvalue weighted by atomic mass is 16.5. The van der Waals surface area contributed by atoms with Gasteiger partial charge in [-0.25, -0.2) is 5.43 Å². The van der Waals surface area contributed by atoms with E-state index in [9.17, 15) is 14.4 Å². The van der Waals surface area contributed by atoms with Crippen LogP contribution in [0.1, 0.15) is 49.9 Å². The van der Waals surface area contributed by atoms with Crippen molar-refractivity contribution in [3.63, 3.8) is 0 Å². The van der Waals surface area contributed by atoms with Crippen LogP contribution in [0.15, 0.2) is 41.7 Å². The summed E-state index contributed by atoms with van der Waals surface area (Å²) in [6.07, 6.45) is 4.69. The van der Waals surface area contributed by atoms with Crippen molar-refractivity contribution in [3.05, 3.63) is 47.3 Å². The van der Waals surface area contributed by atoms with E-state index in [4.69, 9.17) is 10.5 Å². The van der Waals surface area contributed by atoms with E-state index in [0.717, 1.165) is 42.4 Å². The molecule has 3 N–H and O–H groups in total. The third kappa shape index (κ3) is 4.48. The number of Topliss-reactive ketones (excluding diaryl/α,β-unsaturated/α-hetero) is 1. The Labute approximate surface area is 204 Å². The Morgan fingerprint density at radius 2 is 1.97 bits per heavy atom. The maximum absolute atomic E-state index is 13.3. The number of fused-ring (bicyclic) bond motifs is 1. The van der Waals surface area contributed by atoms with Crippen LogP contribution in [0.4, 0.5) is 0 Å². The maximum atomic E-state index is 13.3. The van der Waals surface area contributed by atoms with Gasteiger partial charge >= 0.3 is 0 Å². The number of hydrogen-bond acceptors (Lipinski definition) is 7. The molecule has 35 heavy (non-hydrogen) atoms. The number of primary amides is 1. The number of nitrogens with zero attached hydrogens (tertiary/aromatic N) is 3. The lowest BCUT2D eigenvalue weighted by Gasteiger charge is -2.44. The summed E-state index contributed by atoms with van der Waals surface area (Å²) in [5, 5.41) is 2.77. The second-order valence-electron chi connectivity index (χ2n) is 10.2. The van der Waals surface area contributed by atoms with Crippen molar-refractivity contribution in [1.29, 1.82) is 0 Å². The smallest absolute Gasteiger partial charge is 0.255 e. The second-order valence-corrected chi connectivity index (χ2v) is 10.2. The molecule has 1 spiro atoms. The number of nitrogens with two attached hydrogens (primary N) is 1. The number of carbonyl (C=O) groups is 3. The van der Waals surface area contributed by atoms with Crippen LogP contribution in [0.5, 0.6) is 5.75 Å². The van der Waals surface area contributed by atoms with Crippen molar-refractivity contribution >= 4 is 28.5 Å². The normalized spacial score (nSPS) is 19.6. The Kier molecular flexibility index (Phi) is 5.96. The summed E-state index contributed by atoms with van der Waals surface area (Å²) in [6.45, 7) is 5.94. The van der Waals surface area contributed by atoms with E-state index >= 15 is 0 Å². The molecule has 0 unspecified atom stereocenters. The molecule has 2 aromatic rings. The number of amides is 2. The Bertz CT molecular complexity index is 1230. The van der Waals surface area contributed by atoms with E-state index in [1.54, 1.807) is 30.5 Å². The standard InChI is InChI=1S/C26H31N5O4/c1-16(2)31-24-19(14-29-31)11-26(12-22(24)32)5-7-30(8-6-26)25(34)18-9-17-10-20(35-15-23(27)33)3-4-21(17)28-13-18/h3-4,9-10,13,16,29H,5-8,11-12,14-15H2,1-2H3,(H2,27,33). The molecule has 5 rings (SSSR count). The number of carbonyl (C=O) groups excluding carboxylic acids is 3. The minimum absolute atomic E-state index is 0.0599. The molecular formula is C26H31N5O4. The fraction of sp³-hybridized carbons (Fsp3) is 0.462. The van der Waals surface area contributed by atoms with Crippen LogP contribution in [-0.4, -0.2) is 64.8 Å². The Balaban J connectivity index is 1.27. The van der Waals surface area contributed by atoms with Gasteiger partial charge in [-0.05, 0) is 68.4 Å². The van der Waals surface area contributed by atoms with Gasteiger partial charge in [-0.1, -0.05) is 0 Å². The molecule has 1 aliphatic carbocycles. The molecule has 9 nitrogen and oxygen atoms in total. The quantitative estimate of drug-likeness (QED) is 0.678. The topological polar surface area (TPSA) is 118 Å². The highest BCUT2D eigenvalue weighted by Crippen LogP contribution is 2.47. The number of rotatable bonds is 5. The Morgan fingerprint density at radius 3 is 2.69 bits per heavy atom. The average Bonchev–Trinajstić information content (AvgIpc) is 3.27. The maximum Gasteiger partial charge on any atom is 0.255 e. The van der Waals surface area contributed by atoms with E-state index < -0.39 is 5.91 Å². The Hall–Kier alpha value is -3.46. The number of pyridine rings is 1. The highest BCUT2D eigenvalue weighted by Gasteiger charge is 2.45. The van der Waals surface area contributed by atoms with E-state index in [2.05, 4.69) is 24.3 Å². The zero-order valence-corrected chi connectivity index (χ0v) is 20.2. The van der Waals surface area contributed by atoms with Crippen molar-refractivity contribution in [1.82, 2.24) is 20.3 Å². The van der Waals surface area contributed by atoms with Crippen molar-refractivity contribution in [2.24, 2.45) is 11.1 Å². The first-order valence-electron chi connectivity index (χ1n) is 12.1. The van der Waals surface area contributed by atoms with Gasteiger partial charge in [0, 0.05) is 43.7 Å². The van der Waals surface area contributed by atoms with Gasteiger partial charge in [-0.15, -0.1) is 0 Å². The van der Waals surface area contributed by atoms with Crippen LogP contribution in [0.2, 0.25) is 0 Å². The van der Waals surface area contributed by atoms with Gasteiger partial charge in [-0.3, -0.25) is 19.4 Å². The SMILES string of the molecule is CC(C)N1NCC2=C1C(=O)CC1(CCN(C(=O)c3cnc4ccc(OCC(N)=O)cc4c3)CC1)C2. The number of likely N-dealkylation sites (tertiary alicyclic amines) is 1. The minimum Gasteiger partial charge on any atom is -0.484 e. The molecule has 0 bridgehead atoms. The van der Waals surface area contributed by atoms with Crippen molar-refractivity contribution < 1.29 is 19.1 Å². The number of ether oxygens (including phenoxy) is 1. The van der Waals surface area contributed by atoms with Gasteiger partial charge in [0.15, 0.2) is 12.4 Å². The molecule has 0 atom stereocenters. The summed E-state index contributed by atoms with van der Waals surface area (Å²) in [5.74, 6) is 0.102. The van der Waals surface area contributed by atoms with E-state index in [1.807, 2.05) is 9.91 Å². The number of allylic oxidation sites excluding steroid dienone is 1. The zero-order valence-electron chi connectivity index (χ0n) is 20.2. The summed E-state index contributed by atoms with van der Waals surface area (Å²) in [4.78, 5) is 43.6. The molecule has 1 aromatic heterocycles. The van der Waals surface area contributed by atoms with Crippen molar-refractivity contribution in [3.8, 4) is 5.75 Å². The van der Waals surface area contributed by atoms with Gasteiger partial charge in [-0.2, -0.15) is 0 Å².